The normalized spacial score (nSPS) is 10.9. The maximum Gasteiger partial charge on any atom is 0.217 e. The number of nitrogens with zero attached hydrogens (tertiary/aromatic N) is 2. The molecule has 3 aromatic rings. The molecule has 5 nitrogen and oxygen atoms in total. The molecule has 0 aliphatic rings. The summed E-state index contributed by atoms with van der Waals surface area (Å²) in [5.41, 5.74) is -0.336. The Morgan fingerprint density at radius 1 is 1.36 bits per heavy atom. The molecule has 0 amide bonds. The summed E-state index contributed by atoms with van der Waals surface area (Å²) >= 11 is 3.23. The zero-order valence-corrected chi connectivity index (χ0v) is 12.8. The largest absolute Gasteiger partial charge is 0.386 e. The van der Waals surface area contributed by atoms with Crippen LogP contribution in [0.4, 0.5) is 14.5 Å². The zero-order valence-electron chi connectivity index (χ0n) is 11.2. The highest BCUT2D eigenvalue weighted by molar-refractivity contribution is 9.10. The molecule has 0 fully saturated rings. The number of hydrogen-bond donors (Lipinski definition) is 2. The second-order valence-electron chi connectivity index (χ2n) is 4.49. The van der Waals surface area contributed by atoms with Crippen molar-refractivity contribution >= 4 is 38.4 Å². The Hall–Kier alpha value is -2.35. The summed E-state index contributed by atoms with van der Waals surface area (Å²) in [6, 6.07) is 3.87. The van der Waals surface area contributed by atoms with Gasteiger partial charge in [0.2, 0.25) is 5.78 Å². The number of carbonyl (C=O) groups is 1. The van der Waals surface area contributed by atoms with Gasteiger partial charge in [-0.15, -0.1) is 0 Å². The van der Waals surface area contributed by atoms with E-state index >= 15 is 0 Å². The molecule has 0 saturated heterocycles. The first-order valence-corrected chi connectivity index (χ1v) is 7.02. The van der Waals surface area contributed by atoms with Crippen molar-refractivity contribution in [2.75, 3.05) is 12.4 Å². The molecular weight excluding hydrogens is 358 g/mol. The second-order valence-corrected chi connectivity index (χ2v) is 5.40. The van der Waals surface area contributed by atoms with E-state index in [2.05, 4.69) is 36.4 Å². The highest BCUT2D eigenvalue weighted by Gasteiger charge is 2.25. The van der Waals surface area contributed by atoms with Gasteiger partial charge in [0.25, 0.3) is 0 Å². The van der Waals surface area contributed by atoms with Gasteiger partial charge in [-0.05, 0) is 34.1 Å². The minimum atomic E-state index is -0.946. The fraction of sp³-hybridized carbons (Fsp3) is 0.0714. The quantitative estimate of drug-likeness (QED) is 0.698. The van der Waals surface area contributed by atoms with Crippen molar-refractivity contribution in [3.8, 4) is 0 Å². The van der Waals surface area contributed by atoms with Crippen molar-refractivity contribution < 1.29 is 13.6 Å². The van der Waals surface area contributed by atoms with Crippen molar-refractivity contribution in [3.63, 3.8) is 0 Å². The van der Waals surface area contributed by atoms with Crippen LogP contribution in [-0.2, 0) is 0 Å². The minimum Gasteiger partial charge on any atom is -0.386 e. The van der Waals surface area contributed by atoms with Crippen molar-refractivity contribution in [3.05, 3.63) is 51.8 Å². The Labute approximate surface area is 131 Å². The number of nitrogens with one attached hydrogen (secondary N) is 2. The van der Waals surface area contributed by atoms with Crippen LogP contribution >= 0.6 is 15.9 Å². The lowest BCUT2D eigenvalue weighted by molar-refractivity contribution is 0.102. The number of anilines is 1. The fourth-order valence-corrected chi connectivity index (χ4v) is 2.46. The van der Waals surface area contributed by atoms with E-state index in [0.29, 0.717) is 9.86 Å². The Bertz CT molecular complexity index is 894. The number of benzene rings is 1. The number of carbonyl (C=O) groups excluding carboxylic acids is 1. The van der Waals surface area contributed by atoms with Crippen molar-refractivity contribution in [1.29, 1.82) is 0 Å². The number of rotatable bonds is 3. The molecule has 22 heavy (non-hydrogen) atoms. The molecule has 0 radical (unpaired) electrons. The standard InChI is InChI=1S/C14H9BrF2N4O/c1-18-9-3-2-8(16)10(11(9)17)13(22)12-7-4-6(15)5-19-14(7)21-20-12/h2-5,18H,1H3,(H,19,20,21). The molecule has 2 heterocycles. The van der Waals surface area contributed by atoms with E-state index in [-0.39, 0.29) is 17.0 Å². The van der Waals surface area contributed by atoms with E-state index < -0.39 is 23.0 Å². The number of aromatic amines is 1. The predicted molar refractivity (Wildman–Crippen MR) is 80.9 cm³/mol. The average Bonchev–Trinajstić information content (AvgIpc) is 2.90. The SMILES string of the molecule is CNc1ccc(F)c(C(=O)c2[nH]nc3ncc(Br)cc23)c1F. The Morgan fingerprint density at radius 2 is 2.14 bits per heavy atom. The summed E-state index contributed by atoms with van der Waals surface area (Å²) in [6.07, 6.45) is 1.51. The van der Waals surface area contributed by atoms with Crippen LogP contribution in [0.15, 0.2) is 28.9 Å². The van der Waals surface area contributed by atoms with E-state index in [9.17, 15) is 13.6 Å². The molecule has 0 saturated carbocycles. The monoisotopic (exact) mass is 366 g/mol. The third kappa shape index (κ3) is 2.25. The first kappa shape index (κ1) is 14.6. The van der Waals surface area contributed by atoms with Crippen LogP contribution in [0.25, 0.3) is 11.0 Å². The predicted octanol–water partition coefficient (Wildman–Crippen LogP) is 3.27. The third-order valence-electron chi connectivity index (χ3n) is 3.19. The Morgan fingerprint density at radius 3 is 2.86 bits per heavy atom. The molecule has 0 spiro atoms. The van der Waals surface area contributed by atoms with E-state index in [1.807, 2.05) is 0 Å². The summed E-state index contributed by atoms with van der Waals surface area (Å²) < 4.78 is 28.8. The van der Waals surface area contributed by atoms with E-state index in [4.69, 9.17) is 0 Å². The minimum absolute atomic E-state index is 0.0187. The average molecular weight is 367 g/mol. The second kappa shape index (κ2) is 5.45. The molecule has 0 aliphatic heterocycles. The number of H-pyrrole nitrogens is 1. The lowest BCUT2D eigenvalue weighted by atomic mass is 10.0. The Kier molecular flexibility index (Phi) is 3.61. The van der Waals surface area contributed by atoms with E-state index in [1.165, 1.54) is 19.3 Å². The molecule has 3 rings (SSSR count). The van der Waals surface area contributed by atoms with Crippen LogP contribution in [0.2, 0.25) is 0 Å². The van der Waals surface area contributed by atoms with Crippen LogP contribution in [0.3, 0.4) is 0 Å². The number of ketones is 1. The van der Waals surface area contributed by atoms with Gasteiger partial charge >= 0.3 is 0 Å². The maximum atomic E-state index is 14.3. The highest BCUT2D eigenvalue weighted by atomic mass is 79.9. The molecule has 0 atom stereocenters. The van der Waals surface area contributed by atoms with E-state index in [1.54, 1.807) is 6.07 Å². The van der Waals surface area contributed by atoms with Gasteiger partial charge in [-0.3, -0.25) is 9.89 Å². The van der Waals surface area contributed by atoms with Gasteiger partial charge in [0.1, 0.15) is 11.5 Å². The zero-order chi connectivity index (χ0) is 15.9. The van der Waals surface area contributed by atoms with Gasteiger partial charge in [-0.2, -0.15) is 5.10 Å². The number of fused-ring (bicyclic) bond motifs is 1. The van der Waals surface area contributed by atoms with Crippen LogP contribution in [0, 0.1) is 11.6 Å². The summed E-state index contributed by atoms with van der Waals surface area (Å²) in [6.45, 7) is 0. The molecule has 2 N–H and O–H groups in total. The van der Waals surface area contributed by atoms with Gasteiger partial charge < -0.3 is 5.32 Å². The Balaban J connectivity index is 2.20. The van der Waals surface area contributed by atoms with Crippen LogP contribution in [-0.4, -0.2) is 28.0 Å². The molecule has 0 aliphatic carbocycles. The summed E-state index contributed by atoms with van der Waals surface area (Å²) in [4.78, 5) is 16.5. The lowest BCUT2D eigenvalue weighted by Gasteiger charge is -2.08. The third-order valence-corrected chi connectivity index (χ3v) is 3.62. The van der Waals surface area contributed by atoms with Gasteiger partial charge in [-0.1, -0.05) is 0 Å². The van der Waals surface area contributed by atoms with Gasteiger partial charge in [0, 0.05) is 17.7 Å². The molecular formula is C14H9BrF2N4O. The maximum absolute atomic E-state index is 14.3. The molecule has 0 bridgehead atoms. The van der Waals surface area contributed by atoms with E-state index in [0.717, 1.165) is 6.07 Å². The number of aromatic nitrogens is 3. The smallest absolute Gasteiger partial charge is 0.217 e. The molecule has 8 heteroatoms. The number of halogens is 3. The highest BCUT2D eigenvalue weighted by Crippen LogP contribution is 2.26. The summed E-state index contributed by atoms with van der Waals surface area (Å²) in [5.74, 6) is -2.71. The molecule has 112 valence electrons. The number of hydrogen-bond acceptors (Lipinski definition) is 4. The number of pyridine rings is 1. The van der Waals surface area contributed by atoms with Crippen molar-refractivity contribution in [1.82, 2.24) is 15.2 Å². The van der Waals surface area contributed by atoms with Crippen LogP contribution in [0.1, 0.15) is 16.1 Å². The van der Waals surface area contributed by atoms with Crippen molar-refractivity contribution in [2.24, 2.45) is 0 Å². The summed E-state index contributed by atoms with van der Waals surface area (Å²) in [5, 5.41) is 9.32. The summed E-state index contributed by atoms with van der Waals surface area (Å²) in [7, 11) is 1.48. The molecule has 1 aromatic carbocycles. The first-order chi connectivity index (χ1) is 10.5. The molecule has 2 aromatic heterocycles. The first-order valence-electron chi connectivity index (χ1n) is 6.23. The topological polar surface area (TPSA) is 70.7 Å². The van der Waals surface area contributed by atoms with Crippen LogP contribution in [0.5, 0.6) is 0 Å². The van der Waals surface area contributed by atoms with Gasteiger partial charge in [0.05, 0.1) is 16.6 Å². The van der Waals surface area contributed by atoms with Gasteiger partial charge in [0.15, 0.2) is 11.5 Å². The van der Waals surface area contributed by atoms with Gasteiger partial charge in [-0.25, -0.2) is 13.8 Å². The van der Waals surface area contributed by atoms with Crippen LogP contribution < -0.4 is 5.32 Å². The fourth-order valence-electron chi connectivity index (χ4n) is 2.13. The van der Waals surface area contributed by atoms with Crippen molar-refractivity contribution in [2.45, 2.75) is 0 Å². The lowest BCUT2D eigenvalue weighted by Crippen LogP contribution is -2.10. The molecule has 0 unspecified atom stereocenters.